The largest absolute Gasteiger partial charge is 0.506 e. The van der Waals surface area contributed by atoms with Crippen molar-refractivity contribution >= 4 is 51.2 Å². The summed E-state index contributed by atoms with van der Waals surface area (Å²) in [6, 6.07) is 3.44. The lowest BCUT2D eigenvalue weighted by Crippen LogP contribution is -2.38. The van der Waals surface area contributed by atoms with E-state index in [1.165, 1.54) is 0 Å². The van der Waals surface area contributed by atoms with Crippen molar-refractivity contribution in [1.82, 2.24) is 4.90 Å². The number of nitrogens with zero attached hydrogens (tertiary/aromatic N) is 1. The summed E-state index contributed by atoms with van der Waals surface area (Å²) < 4.78 is 12.0. The molecule has 1 aromatic rings. The minimum absolute atomic E-state index is 0.0117. The van der Waals surface area contributed by atoms with Gasteiger partial charge in [0.15, 0.2) is 0 Å². The van der Waals surface area contributed by atoms with Gasteiger partial charge in [-0.25, -0.2) is 4.79 Å². The third-order valence-electron chi connectivity index (χ3n) is 2.99. The highest BCUT2D eigenvalue weighted by atomic mass is 127. The molecule has 0 unspecified atom stereocenters. The van der Waals surface area contributed by atoms with Gasteiger partial charge in [-0.3, -0.25) is 4.90 Å². The molecule has 0 aromatic heterocycles. The van der Waals surface area contributed by atoms with Gasteiger partial charge in [0.1, 0.15) is 17.9 Å². The molecule has 0 saturated carbocycles. The van der Waals surface area contributed by atoms with Crippen molar-refractivity contribution in [1.29, 1.82) is 0 Å². The molecule has 1 heterocycles. The molecule has 1 aromatic carbocycles. The van der Waals surface area contributed by atoms with Gasteiger partial charge in [-0.15, -0.1) is 0 Å². The van der Waals surface area contributed by atoms with Crippen LogP contribution in [0.4, 0.5) is 0 Å². The summed E-state index contributed by atoms with van der Waals surface area (Å²) in [5.41, 5.74) is 0.225. The Bertz CT molecular complexity index is 490. The van der Waals surface area contributed by atoms with E-state index in [-0.39, 0.29) is 11.3 Å². The molecule has 2 rings (SSSR count). The van der Waals surface area contributed by atoms with E-state index < -0.39 is 5.97 Å². The molecular weight excluding hydrogens is 488 g/mol. The lowest BCUT2D eigenvalue weighted by molar-refractivity contribution is 0.0194. The Morgan fingerprint density at radius 1 is 1.35 bits per heavy atom. The average molecular weight is 503 g/mol. The predicted molar refractivity (Wildman–Crippen MR) is 91.1 cm³/mol. The molecule has 1 aliphatic rings. The summed E-state index contributed by atoms with van der Waals surface area (Å²) in [6.45, 7) is 4.19. The molecule has 0 aliphatic carbocycles. The summed E-state index contributed by atoms with van der Waals surface area (Å²) in [6.07, 6.45) is 0. The zero-order valence-electron chi connectivity index (χ0n) is 10.8. The number of phenols is 1. The van der Waals surface area contributed by atoms with Crippen LogP contribution in [0.3, 0.4) is 0 Å². The van der Waals surface area contributed by atoms with Crippen LogP contribution in [0.15, 0.2) is 12.1 Å². The van der Waals surface area contributed by atoms with Gasteiger partial charge in [-0.2, -0.15) is 0 Å². The molecule has 1 fully saturated rings. The van der Waals surface area contributed by atoms with Crippen LogP contribution in [0.5, 0.6) is 5.75 Å². The Morgan fingerprint density at radius 3 is 2.75 bits per heavy atom. The van der Waals surface area contributed by atoms with Crippen LogP contribution in [-0.2, 0) is 9.47 Å². The standard InChI is InChI=1S/C13H15I2NO4/c14-9-7-10(12(17)11(15)8-9)13(18)20-6-3-16-1-4-19-5-2-16/h7-8,17H,1-6H2. The van der Waals surface area contributed by atoms with Crippen molar-refractivity contribution < 1.29 is 19.4 Å². The van der Waals surface area contributed by atoms with Gasteiger partial charge in [0.2, 0.25) is 0 Å². The SMILES string of the molecule is O=C(OCCN1CCOCC1)c1cc(I)cc(I)c1O. The number of halogens is 2. The topological polar surface area (TPSA) is 59.0 Å². The fraction of sp³-hybridized carbons (Fsp3) is 0.462. The molecule has 0 bridgehead atoms. The molecule has 0 radical (unpaired) electrons. The Hall–Kier alpha value is -0.130. The predicted octanol–water partition coefficient (Wildman–Crippen LogP) is 2.09. The first kappa shape index (κ1) is 16.2. The van der Waals surface area contributed by atoms with E-state index in [0.29, 0.717) is 16.7 Å². The van der Waals surface area contributed by atoms with Crippen molar-refractivity contribution in [3.63, 3.8) is 0 Å². The number of aromatic hydroxyl groups is 1. The average Bonchev–Trinajstić information content (AvgIpc) is 2.44. The van der Waals surface area contributed by atoms with E-state index in [1.54, 1.807) is 12.1 Å². The zero-order valence-corrected chi connectivity index (χ0v) is 15.1. The second-order valence-electron chi connectivity index (χ2n) is 4.37. The Kier molecular flexibility index (Phi) is 6.30. The minimum atomic E-state index is -0.479. The fourth-order valence-corrected chi connectivity index (χ4v) is 3.74. The highest BCUT2D eigenvalue weighted by Gasteiger charge is 2.17. The van der Waals surface area contributed by atoms with E-state index in [0.717, 1.165) is 29.9 Å². The first-order chi connectivity index (χ1) is 9.58. The number of hydrogen-bond donors (Lipinski definition) is 1. The second kappa shape index (κ2) is 7.76. The number of benzene rings is 1. The summed E-state index contributed by atoms with van der Waals surface area (Å²) in [4.78, 5) is 14.2. The molecule has 7 heteroatoms. The van der Waals surface area contributed by atoms with E-state index in [9.17, 15) is 9.90 Å². The molecule has 1 N–H and O–H groups in total. The van der Waals surface area contributed by atoms with Crippen molar-refractivity contribution in [3.8, 4) is 5.75 Å². The van der Waals surface area contributed by atoms with Gasteiger partial charge in [-0.1, -0.05) is 0 Å². The third kappa shape index (κ3) is 4.43. The maximum atomic E-state index is 12.0. The highest BCUT2D eigenvalue weighted by molar-refractivity contribution is 14.1. The van der Waals surface area contributed by atoms with Crippen LogP contribution in [0.2, 0.25) is 0 Å². The van der Waals surface area contributed by atoms with Crippen molar-refractivity contribution in [2.45, 2.75) is 0 Å². The number of hydrogen-bond acceptors (Lipinski definition) is 5. The lowest BCUT2D eigenvalue weighted by Gasteiger charge is -2.26. The molecule has 110 valence electrons. The first-order valence-electron chi connectivity index (χ1n) is 6.23. The van der Waals surface area contributed by atoms with Crippen LogP contribution in [0.25, 0.3) is 0 Å². The number of ether oxygens (including phenoxy) is 2. The quantitative estimate of drug-likeness (QED) is 0.504. The maximum absolute atomic E-state index is 12.0. The maximum Gasteiger partial charge on any atom is 0.342 e. The zero-order chi connectivity index (χ0) is 14.5. The van der Waals surface area contributed by atoms with Gasteiger partial charge < -0.3 is 14.6 Å². The van der Waals surface area contributed by atoms with E-state index >= 15 is 0 Å². The van der Waals surface area contributed by atoms with Crippen molar-refractivity contribution in [2.75, 3.05) is 39.5 Å². The minimum Gasteiger partial charge on any atom is -0.506 e. The molecular formula is C13H15I2NO4. The Morgan fingerprint density at radius 2 is 2.05 bits per heavy atom. The van der Waals surface area contributed by atoms with Crippen LogP contribution >= 0.6 is 45.2 Å². The number of carbonyl (C=O) groups is 1. The van der Waals surface area contributed by atoms with E-state index in [2.05, 4.69) is 27.5 Å². The third-order valence-corrected chi connectivity index (χ3v) is 4.44. The van der Waals surface area contributed by atoms with Gasteiger partial charge in [0.25, 0.3) is 0 Å². The molecule has 0 spiro atoms. The van der Waals surface area contributed by atoms with Crippen LogP contribution in [-0.4, -0.2) is 55.4 Å². The second-order valence-corrected chi connectivity index (χ2v) is 6.78. The summed E-state index contributed by atoms with van der Waals surface area (Å²) in [7, 11) is 0. The monoisotopic (exact) mass is 503 g/mol. The van der Waals surface area contributed by atoms with Gasteiger partial charge in [0, 0.05) is 23.2 Å². The number of morpholine rings is 1. The first-order valence-corrected chi connectivity index (χ1v) is 8.39. The summed E-state index contributed by atoms with van der Waals surface area (Å²) in [5, 5.41) is 9.90. The summed E-state index contributed by atoms with van der Waals surface area (Å²) >= 11 is 4.11. The molecule has 1 aliphatic heterocycles. The van der Waals surface area contributed by atoms with Gasteiger partial charge in [0.05, 0.1) is 16.8 Å². The fourth-order valence-electron chi connectivity index (χ4n) is 1.89. The molecule has 5 nitrogen and oxygen atoms in total. The van der Waals surface area contributed by atoms with Crippen LogP contribution in [0.1, 0.15) is 10.4 Å². The summed E-state index contributed by atoms with van der Waals surface area (Å²) in [5.74, 6) is -0.491. The Balaban J connectivity index is 1.88. The number of carbonyl (C=O) groups excluding carboxylic acids is 1. The number of rotatable bonds is 4. The van der Waals surface area contributed by atoms with Crippen molar-refractivity contribution in [2.24, 2.45) is 0 Å². The molecule has 0 amide bonds. The molecule has 0 atom stereocenters. The van der Waals surface area contributed by atoms with Gasteiger partial charge in [-0.05, 0) is 57.3 Å². The van der Waals surface area contributed by atoms with Gasteiger partial charge >= 0.3 is 5.97 Å². The molecule has 1 saturated heterocycles. The Labute approximate surface area is 144 Å². The van der Waals surface area contributed by atoms with Crippen molar-refractivity contribution in [3.05, 3.63) is 24.8 Å². The number of phenolic OH excluding ortho intramolecular Hbond substituents is 1. The van der Waals surface area contributed by atoms with Crippen LogP contribution < -0.4 is 0 Å². The highest BCUT2D eigenvalue weighted by Crippen LogP contribution is 2.27. The van der Waals surface area contributed by atoms with E-state index in [1.807, 2.05) is 22.6 Å². The van der Waals surface area contributed by atoms with Crippen LogP contribution in [0, 0.1) is 7.14 Å². The van der Waals surface area contributed by atoms with E-state index in [4.69, 9.17) is 9.47 Å². The molecule has 20 heavy (non-hydrogen) atoms. The normalized spacial score (nSPS) is 16.1. The number of esters is 1. The lowest BCUT2D eigenvalue weighted by atomic mass is 10.2. The smallest absolute Gasteiger partial charge is 0.342 e.